The van der Waals surface area contributed by atoms with Crippen LogP contribution in [0.3, 0.4) is 0 Å². The first-order chi connectivity index (χ1) is 6.00. The Labute approximate surface area is 76.0 Å². The van der Waals surface area contributed by atoms with Crippen molar-refractivity contribution < 1.29 is 9.18 Å². The van der Waals surface area contributed by atoms with Gasteiger partial charge in [-0.25, -0.2) is 4.39 Å². The van der Waals surface area contributed by atoms with E-state index in [1.807, 2.05) is 0 Å². The van der Waals surface area contributed by atoms with Crippen molar-refractivity contribution in [3.05, 3.63) is 29.6 Å². The second-order valence-corrected chi connectivity index (χ2v) is 2.97. The van der Waals surface area contributed by atoms with Crippen LogP contribution in [0.25, 0.3) is 0 Å². The van der Waals surface area contributed by atoms with Gasteiger partial charge in [-0.05, 0) is 18.2 Å². The molecule has 0 bridgehead atoms. The van der Waals surface area contributed by atoms with Crippen LogP contribution in [0.1, 0.15) is 10.4 Å². The number of carbonyl (C=O) groups is 1. The van der Waals surface area contributed by atoms with Crippen LogP contribution in [0.15, 0.2) is 18.2 Å². The van der Waals surface area contributed by atoms with Crippen molar-refractivity contribution in [2.45, 2.75) is 0 Å². The normalized spacial score (nSPS) is 9.77. The molecule has 3 nitrogen and oxygen atoms in total. The van der Waals surface area contributed by atoms with Gasteiger partial charge in [-0.15, -0.1) is 0 Å². The predicted molar refractivity (Wildman–Crippen MR) is 48.8 cm³/mol. The molecule has 0 heterocycles. The number of amides is 1. The van der Waals surface area contributed by atoms with Crippen LogP contribution in [0.5, 0.6) is 0 Å². The number of hydrogen-bond donors (Lipinski definition) is 1. The SMILES string of the molecule is CN(C)C(=O)c1cc(N)cc(F)c1. The molecule has 0 radical (unpaired) electrons. The molecule has 0 aliphatic carbocycles. The van der Waals surface area contributed by atoms with Gasteiger partial charge in [-0.1, -0.05) is 0 Å². The summed E-state index contributed by atoms with van der Waals surface area (Å²) in [6.07, 6.45) is 0. The Morgan fingerprint density at radius 3 is 2.46 bits per heavy atom. The molecule has 1 amide bonds. The van der Waals surface area contributed by atoms with Crippen molar-refractivity contribution >= 4 is 11.6 Å². The third-order valence-corrected chi connectivity index (χ3v) is 1.57. The lowest BCUT2D eigenvalue weighted by Gasteiger charge is -2.10. The molecule has 0 fully saturated rings. The van der Waals surface area contributed by atoms with E-state index in [-0.39, 0.29) is 17.2 Å². The van der Waals surface area contributed by atoms with Crippen molar-refractivity contribution in [1.82, 2.24) is 4.90 Å². The predicted octanol–water partition coefficient (Wildman–Crippen LogP) is 1.11. The minimum Gasteiger partial charge on any atom is -0.399 e. The number of nitrogens with two attached hydrogens (primary N) is 1. The van der Waals surface area contributed by atoms with Gasteiger partial charge in [0.15, 0.2) is 0 Å². The molecular formula is C9H11FN2O. The highest BCUT2D eigenvalue weighted by Crippen LogP contribution is 2.11. The molecule has 0 aliphatic heterocycles. The van der Waals surface area contributed by atoms with Crippen molar-refractivity contribution in [3.63, 3.8) is 0 Å². The Morgan fingerprint density at radius 2 is 2.00 bits per heavy atom. The minimum absolute atomic E-state index is 0.255. The van der Waals surface area contributed by atoms with Gasteiger partial charge >= 0.3 is 0 Å². The molecule has 0 aromatic heterocycles. The van der Waals surface area contributed by atoms with Crippen LogP contribution in [-0.4, -0.2) is 24.9 Å². The number of rotatable bonds is 1. The average Bonchev–Trinajstić information content (AvgIpc) is 2.01. The molecule has 0 aliphatic rings. The van der Waals surface area contributed by atoms with Gasteiger partial charge in [-0.2, -0.15) is 0 Å². The second-order valence-electron chi connectivity index (χ2n) is 2.97. The summed E-state index contributed by atoms with van der Waals surface area (Å²) in [6.45, 7) is 0. The summed E-state index contributed by atoms with van der Waals surface area (Å²) in [5.41, 5.74) is 5.91. The van der Waals surface area contributed by atoms with E-state index in [0.717, 1.165) is 0 Å². The van der Waals surface area contributed by atoms with Gasteiger partial charge < -0.3 is 10.6 Å². The summed E-state index contributed by atoms with van der Waals surface area (Å²) in [7, 11) is 3.20. The third kappa shape index (κ3) is 2.18. The van der Waals surface area contributed by atoms with Crippen LogP contribution in [0.4, 0.5) is 10.1 Å². The average molecular weight is 182 g/mol. The van der Waals surface area contributed by atoms with Gasteiger partial charge in [0.1, 0.15) is 5.82 Å². The Hall–Kier alpha value is -1.58. The molecule has 70 valence electrons. The summed E-state index contributed by atoms with van der Waals surface area (Å²) in [4.78, 5) is 12.7. The summed E-state index contributed by atoms with van der Waals surface area (Å²) >= 11 is 0. The third-order valence-electron chi connectivity index (χ3n) is 1.57. The van der Waals surface area contributed by atoms with Crippen LogP contribution in [0, 0.1) is 5.82 Å². The standard InChI is InChI=1S/C9H11FN2O/c1-12(2)9(13)6-3-7(10)5-8(11)4-6/h3-5H,11H2,1-2H3. The summed E-state index contributed by atoms with van der Waals surface area (Å²) < 4.78 is 12.8. The maximum atomic E-state index is 12.8. The number of nitrogen functional groups attached to an aromatic ring is 1. The Kier molecular flexibility index (Phi) is 2.51. The second kappa shape index (κ2) is 3.43. The molecule has 0 spiro atoms. The van der Waals surface area contributed by atoms with Crippen molar-refractivity contribution in [2.75, 3.05) is 19.8 Å². The fourth-order valence-electron chi connectivity index (χ4n) is 0.994. The highest BCUT2D eigenvalue weighted by Gasteiger charge is 2.09. The molecule has 1 aromatic carbocycles. The monoisotopic (exact) mass is 182 g/mol. The van der Waals surface area contributed by atoms with E-state index in [4.69, 9.17) is 5.73 Å². The van der Waals surface area contributed by atoms with Crippen LogP contribution in [-0.2, 0) is 0 Å². The fraction of sp³-hybridized carbons (Fsp3) is 0.222. The number of anilines is 1. The molecule has 1 rings (SSSR count). The van der Waals surface area contributed by atoms with Crippen molar-refractivity contribution in [1.29, 1.82) is 0 Å². The Bertz CT molecular complexity index is 316. The lowest BCUT2D eigenvalue weighted by atomic mass is 10.2. The number of halogens is 1. The van der Waals surface area contributed by atoms with Crippen LogP contribution in [0.2, 0.25) is 0 Å². The maximum Gasteiger partial charge on any atom is 0.253 e. The van der Waals surface area contributed by atoms with Gasteiger partial charge in [0.05, 0.1) is 0 Å². The molecule has 4 heteroatoms. The Morgan fingerprint density at radius 1 is 1.38 bits per heavy atom. The molecule has 0 saturated heterocycles. The molecule has 0 saturated carbocycles. The first-order valence-electron chi connectivity index (χ1n) is 3.78. The topological polar surface area (TPSA) is 46.3 Å². The van der Waals surface area contributed by atoms with E-state index in [2.05, 4.69) is 0 Å². The van der Waals surface area contributed by atoms with E-state index in [1.54, 1.807) is 14.1 Å². The first-order valence-corrected chi connectivity index (χ1v) is 3.78. The van der Waals surface area contributed by atoms with Crippen LogP contribution < -0.4 is 5.73 Å². The summed E-state index contributed by atoms with van der Waals surface area (Å²) in [6, 6.07) is 3.79. The zero-order chi connectivity index (χ0) is 10.0. The van der Waals surface area contributed by atoms with E-state index in [0.29, 0.717) is 0 Å². The van der Waals surface area contributed by atoms with Crippen LogP contribution >= 0.6 is 0 Å². The maximum absolute atomic E-state index is 12.8. The van der Waals surface area contributed by atoms with E-state index in [1.165, 1.54) is 23.1 Å². The number of carbonyl (C=O) groups excluding carboxylic acids is 1. The highest BCUT2D eigenvalue weighted by atomic mass is 19.1. The van der Waals surface area contributed by atoms with Gasteiger partial charge in [0, 0.05) is 25.3 Å². The lowest BCUT2D eigenvalue weighted by molar-refractivity contribution is 0.0827. The van der Waals surface area contributed by atoms with E-state index >= 15 is 0 Å². The fourth-order valence-corrected chi connectivity index (χ4v) is 0.994. The Balaban J connectivity index is 3.08. The molecule has 0 atom stereocenters. The summed E-state index contributed by atoms with van der Waals surface area (Å²) in [5, 5.41) is 0. The summed E-state index contributed by atoms with van der Waals surface area (Å²) in [5.74, 6) is -0.753. The van der Waals surface area contributed by atoms with E-state index in [9.17, 15) is 9.18 Å². The smallest absolute Gasteiger partial charge is 0.253 e. The number of nitrogens with zero attached hydrogens (tertiary/aromatic N) is 1. The molecule has 13 heavy (non-hydrogen) atoms. The van der Waals surface area contributed by atoms with Crippen molar-refractivity contribution in [2.24, 2.45) is 0 Å². The lowest BCUT2D eigenvalue weighted by Crippen LogP contribution is -2.21. The molecule has 1 aromatic rings. The van der Waals surface area contributed by atoms with Gasteiger partial charge in [-0.3, -0.25) is 4.79 Å². The first kappa shape index (κ1) is 9.51. The molecular weight excluding hydrogens is 171 g/mol. The van der Waals surface area contributed by atoms with E-state index < -0.39 is 5.82 Å². The molecule has 0 unspecified atom stereocenters. The zero-order valence-electron chi connectivity index (χ0n) is 7.54. The zero-order valence-corrected chi connectivity index (χ0v) is 7.54. The van der Waals surface area contributed by atoms with Gasteiger partial charge in [0.25, 0.3) is 5.91 Å². The highest BCUT2D eigenvalue weighted by molar-refractivity contribution is 5.94. The van der Waals surface area contributed by atoms with Crippen molar-refractivity contribution in [3.8, 4) is 0 Å². The number of hydrogen-bond acceptors (Lipinski definition) is 2. The quantitative estimate of drug-likeness (QED) is 0.661. The minimum atomic E-state index is -0.495. The number of benzene rings is 1. The largest absolute Gasteiger partial charge is 0.399 e. The van der Waals surface area contributed by atoms with Gasteiger partial charge in [0.2, 0.25) is 0 Å². The molecule has 2 N–H and O–H groups in total.